The van der Waals surface area contributed by atoms with Gasteiger partial charge in [0, 0.05) is 19.7 Å². The Hall–Kier alpha value is -1.59. The number of hydrogen-bond donors (Lipinski definition) is 2. The summed E-state index contributed by atoms with van der Waals surface area (Å²) in [4.78, 5) is 13.7. The van der Waals surface area contributed by atoms with Crippen LogP contribution in [0.3, 0.4) is 0 Å². The largest absolute Gasteiger partial charge is 0.394 e. The lowest BCUT2D eigenvalue weighted by atomic mass is 10.1. The minimum atomic E-state index is -0.0762. The summed E-state index contributed by atoms with van der Waals surface area (Å²) < 4.78 is 5.77. The topological polar surface area (TPSA) is 61.8 Å². The van der Waals surface area contributed by atoms with Crippen molar-refractivity contribution in [1.29, 1.82) is 0 Å². The van der Waals surface area contributed by atoms with Crippen LogP contribution in [0.4, 0.5) is 4.79 Å². The normalized spacial score (nSPS) is 19.2. The number of carbonyl (C=O) groups is 1. The fourth-order valence-corrected chi connectivity index (χ4v) is 2.74. The second-order valence-electron chi connectivity index (χ2n) is 5.68. The van der Waals surface area contributed by atoms with Crippen molar-refractivity contribution in [3.05, 3.63) is 35.9 Å². The van der Waals surface area contributed by atoms with Crippen LogP contribution in [0.25, 0.3) is 0 Å². The van der Waals surface area contributed by atoms with Crippen molar-refractivity contribution >= 4 is 6.03 Å². The van der Waals surface area contributed by atoms with E-state index < -0.39 is 0 Å². The molecule has 0 bridgehead atoms. The number of carbonyl (C=O) groups excluding carboxylic acids is 1. The highest BCUT2D eigenvalue weighted by molar-refractivity contribution is 5.74. The number of likely N-dealkylation sites (tertiary alicyclic amines) is 1. The Bertz CT molecular complexity index is 452. The third-order valence-electron chi connectivity index (χ3n) is 4.08. The molecule has 5 nitrogen and oxygen atoms in total. The van der Waals surface area contributed by atoms with Crippen molar-refractivity contribution in [2.24, 2.45) is 0 Å². The number of hydrogen-bond acceptors (Lipinski definition) is 3. The Morgan fingerprint density at radius 1 is 1.45 bits per heavy atom. The third-order valence-corrected chi connectivity index (χ3v) is 4.08. The molecule has 22 heavy (non-hydrogen) atoms. The van der Waals surface area contributed by atoms with Crippen LogP contribution in [-0.4, -0.2) is 48.4 Å². The second kappa shape index (κ2) is 8.76. The van der Waals surface area contributed by atoms with Crippen molar-refractivity contribution in [2.75, 3.05) is 26.3 Å². The van der Waals surface area contributed by atoms with E-state index in [4.69, 9.17) is 4.74 Å². The number of benzene rings is 1. The van der Waals surface area contributed by atoms with Gasteiger partial charge in [-0.3, -0.25) is 0 Å². The molecule has 0 spiro atoms. The average molecular weight is 306 g/mol. The van der Waals surface area contributed by atoms with Gasteiger partial charge in [-0.05, 0) is 31.7 Å². The van der Waals surface area contributed by atoms with Crippen molar-refractivity contribution in [3.63, 3.8) is 0 Å². The number of amides is 2. The molecular formula is C17H26N2O3. The maximum Gasteiger partial charge on any atom is 0.317 e. The van der Waals surface area contributed by atoms with Gasteiger partial charge in [0.05, 0.1) is 18.8 Å². The van der Waals surface area contributed by atoms with Crippen molar-refractivity contribution in [1.82, 2.24) is 10.2 Å². The summed E-state index contributed by atoms with van der Waals surface area (Å²) >= 11 is 0. The SMILES string of the molecule is CC(OCCCNC(=O)N1CCC[C@H]1CO)c1ccccc1. The molecule has 0 aromatic heterocycles. The molecule has 0 saturated carbocycles. The zero-order chi connectivity index (χ0) is 15.8. The molecule has 2 rings (SSSR count). The van der Waals surface area contributed by atoms with E-state index in [1.807, 2.05) is 25.1 Å². The van der Waals surface area contributed by atoms with Gasteiger partial charge in [0.25, 0.3) is 0 Å². The molecule has 1 saturated heterocycles. The van der Waals surface area contributed by atoms with Crippen LogP contribution in [0.2, 0.25) is 0 Å². The molecule has 1 aliphatic rings. The Kier molecular flexibility index (Phi) is 6.68. The predicted molar refractivity (Wildman–Crippen MR) is 85.6 cm³/mol. The van der Waals surface area contributed by atoms with E-state index in [1.165, 1.54) is 0 Å². The van der Waals surface area contributed by atoms with Gasteiger partial charge in [-0.25, -0.2) is 4.79 Å². The van der Waals surface area contributed by atoms with E-state index in [-0.39, 0.29) is 24.8 Å². The second-order valence-corrected chi connectivity index (χ2v) is 5.68. The maximum absolute atomic E-state index is 12.0. The highest BCUT2D eigenvalue weighted by atomic mass is 16.5. The van der Waals surface area contributed by atoms with Crippen LogP contribution < -0.4 is 5.32 Å². The summed E-state index contributed by atoms with van der Waals surface area (Å²) in [5.74, 6) is 0. The van der Waals surface area contributed by atoms with E-state index in [0.717, 1.165) is 31.4 Å². The van der Waals surface area contributed by atoms with Gasteiger partial charge in [0.15, 0.2) is 0 Å². The number of aliphatic hydroxyl groups is 1. The van der Waals surface area contributed by atoms with Crippen LogP contribution in [0, 0.1) is 0 Å². The van der Waals surface area contributed by atoms with Gasteiger partial charge in [-0.15, -0.1) is 0 Å². The van der Waals surface area contributed by atoms with E-state index in [9.17, 15) is 9.90 Å². The van der Waals surface area contributed by atoms with Crippen LogP contribution >= 0.6 is 0 Å². The van der Waals surface area contributed by atoms with E-state index in [2.05, 4.69) is 17.4 Å². The number of urea groups is 1. The molecule has 1 heterocycles. The van der Waals surface area contributed by atoms with Gasteiger partial charge in [-0.2, -0.15) is 0 Å². The monoisotopic (exact) mass is 306 g/mol. The maximum atomic E-state index is 12.0. The zero-order valence-electron chi connectivity index (χ0n) is 13.2. The summed E-state index contributed by atoms with van der Waals surface area (Å²) in [7, 11) is 0. The van der Waals surface area contributed by atoms with Crippen LogP contribution in [0.5, 0.6) is 0 Å². The first-order chi connectivity index (χ1) is 10.7. The van der Waals surface area contributed by atoms with E-state index in [1.54, 1.807) is 4.90 Å². The highest BCUT2D eigenvalue weighted by Crippen LogP contribution is 2.17. The Morgan fingerprint density at radius 2 is 2.23 bits per heavy atom. The third kappa shape index (κ3) is 4.71. The molecule has 0 radical (unpaired) electrons. The molecule has 2 N–H and O–H groups in total. The highest BCUT2D eigenvalue weighted by Gasteiger charge is 2.27. The Labute approximate surface area is 132 Å². The summed E-state index contributed by atoms with van der Waals surface area (Å²) in [5.41, 5.74) is 1.16. The van der Waals surface area contributed by atoms with Crippen molar-refractivity contribution in [3.8, 4) is 0 Å². The fraction of sp³-hybridized carbons (Fsp3) is 0.588. The molecule has 1 fully saturated rings. The molecule has 1 unspecified atom stereocenters. The summed E-state index contributed by atoms with van der Waals surface area (Å²) in [6.07, 6.45) is 2.70. The molecular weight excluding hydrogens is 280 g/mol. The number of aliphatic hydroxyl groups excluding tert-OH is 1. The zero-order valence-corrected chi connectivity index (χ0v) is 13.2. The summed E-state index contributed by atoms with van der Waals surface area (Å²) in [6, 6.07) is 10.0. The fourth-order valence-electron chi connectivity index (χ4n) is 2.74. The van der Waals surface area contributed by atoms with Gasteiger partial charge >= 0.3 is 6.03 Å². The number of ether oxygens (including phenoxy) is 1. The summed E-state index contributed by atoms with van der Waals surface area (Å²) in [5, 5.41) is 12.1. The lowest BCUT2D eigenvalue weighted by molar-refractivity contribution is 0.0641. The number of nitrogens with one attached hydrogen (secondary N) is 1. The molecule has 1 aliphatic heterocycles. The van der Waals surface area contributed by atoms with Gasteiger partial charge in [0.1, 0.15) is 0 Å². The first-order valence-electron chi connectivity index (χ1n) is 8.04. The van der Waals surface area contributed by atoms with Gasteiger partial charge < -0.3 is 20.1 Å². The minimum absolute atomic E-state index is 0.0191. The first-order valence-corrected chi connectivity index (χ1v) is 8.04. The standard InChI is InChI=1S/C17H26N2O3/c1-14(15-7-3-2-4-8-15)22-12-6-10-18-17(21)19-11-5-9-16(19)13-20/h2-4,7-8,14,16,20H,5-6,9-13H2,1H3,(H,18,21)/t14?,16-/m0/s1. The van der Waals surface area contributed by atoms with Crippen molar-refractivity contribution < 1.29 is 14.6 Å². The lowest BCUT2D eigenvalue weighted by Gasteiger charge is -2.23. The van der Waals surface area contributed by atoms with Crippen LogP contribution in [-0.2, 0) is 4.74 Å². The van der Waals surface area contributed by atoms with Gasteiger partial charge in [0.2, 0.25) is 0 Å². The molecule has 122 valence electrons. The van der Waals surface area contributed by atoms with Crippen molar-refractivity contribution in [2.45, 2.75) is 38.3 Å². The molecule has 2 atom stereocenters. The molecule has 0 aliphatic carbocycles. The molecule has 1 aromatic carbocycles. The quantitative estimate of drug-likeness (QED) is 0.760. The van der Waals surface area contributed by atoms with Crippen LogP contribution in [0.1, 0.15) is 37.9 Å². The Morgan fingerprint density at radius 3 is 2.95 bits per heavy atom. The first kappa shape index (κ1) is 16.8. The predicted octanol–water partition coefficient (Wildman–Crippen LogP) is 2.32. The van der Waals surface area contributed by atoms with Gasteiger partial charge in [-0.1, -0.05) is 30.3 Å². The average Bonchev–Trinajstić information content (AvgIpc) is 3.03. The summed E-state index contributed by atoms with van der Waals surface area (Å²) in [6.45, 7) is 4.02. The lowest BCUT2D eigenvalue weighted by Crippen LogP contribution is -2.44. The smallest absolute Gasteiger partial charge is 0.317 e. The molecule has 5 heteroatoms. The molecule has 2 amide bonds. The Balaban J connectivity index is 1.60. The van der Waals surface area contributed by atoms with E-state index in [0.29, 0.717) is 13.2 Å². The minimum Gasteiger partial charge on any atom is -0.394 e. The van der Waals surface area contributed by atoms with Crippen LogP contribution in [0.15, 0.2) is 30.3 Å². The number of rotatable bonds is 7. The molecule has 1 aromatic rings. The number of nitrogens with zero attached hydrogens (tertiary/aromatic N) is 1. The van der Waals surface area contributed by atoms with E-state index >= 15 is 0 Å².